The fourth-order valence-corrected chi connectivity index (χ4v) is 2.55. The summed E-state index contributed by atoms with van der Waals surface area (Å²) in [6.07, 6.45) is 7.07. The molecule has 138 valence electrons. The van der Waals surface area contributed by atoms with Crippen molar-refractivity contribution < 1.29 is 0 Å². The lowest BCUT2D eigenvalue weighted by Gasteiger charge is -2.11. The van der Waals surface area contributed by atoms with Crippen LogP contribution in [0.2, 0.25) is 0 Å². The minimum atomic E-state index is 0. The van der Waals surface area contributed by atoms with Crippen molar-refractivity contribution in [1.82, 2.24) is 9.55 Å². The van der Waals surface area contributed by atoms with Gasteiger partial charge in [0.1, 0.15) is 5.82 Å². The topological polar surface area (TPSA) is 68.2 Å². The van der Waals surface area contributed by atoms with E-state index in [1.54, 1.807) is 0 Å². The highest BCUT2D eigenvalue weighted by atomic mass is 127. The molecule has 1 aromatic heterocycles. The van der Waals surface area contributed by atoms with Gasteiger partial charge in [-0.05, 0) is 49.8 Å². The Hall–Kier alpha value is -1.57. The van der Waals surface area contributed by atoms with Crippen LogP contribution in [-0.4, -0.2) is 22.1 Å². The van der Waals surface area contributed by atoms with E-state index in [1.807, 2.05) is 19.3 Å². The molecule has 0 saturated heterocycles. The largest absolute Gasteiger partial charge is 0.370 e. The maximum atomic E-state index is 5.95. The average Bonchev–Trinajstić information content (AvgIpc) is 2.99. The van der Waals surface area contributed by atoms with Gasteiger partial charge in [0.25, 0.3) is 0 Å². The van der Waals surface area contributed by atoms with E-state index in [0.717, 1.165) is 43.9 Å². The van der Waals surface area contributed by atoms with Crippen LogP contribution in [0.3, 0.4) is 0 Å². The summed E-state index contributed by atoms with van der Waals surface area (Å²) < 4.78 is 2.16. The summed E-state index contributed by atoms with van der Waals surface area (Å²) >= 11 is 0. The van der Waals surface area contributed by atoms with Gasteiger partial charge >= 0.3 is 0 Å². The Morgan fingerprint density at radius 2 is 2.00 bits per heavy atom. The second-order valence-corrected chi connectivity index (χ2v) is 6.20. The Kier molecular flexibility index (Phi) is 9.55. The molecule has 0 aliphatic rings. The van der Waals surface area contributed by atoms with E-state index in [2.05, 4.69) is 58.0 Å². The highest BCUT2D eigenvalue weighted by Crippen LogP contribution is 2.20. The minimum Gasteiger partial charge on any atom is -0.370 e. The third-order valence-corrected chi connectivity index (χ3v) is 4.38. The lowest BCUT2D eigenvalue weighted by molar-refractivity contribution is 0.602. The number of aliphatic imine (C=N–C) groups is 1. The maximum Gasteiger partial charge on any atom is 0.193 e. The number of guanidine groups is 1. The summed E-state index contributed by atoms with van der Waals surface area (Å²) in [4.78, 5) is 8.61. The van der Waals surface area contributed by atoms with Crippen LogP contribution in [-0.2, 0) is 6.54 Å². The van der Waals surface area contributed by atoms with Crippen LogP contribution in [0.4, 0.5) is 5.69 Å². The number of nitrogens with zero attached hydrogens (tertiary/aromatic N) is 3. The number of nitrogens with two attached hydrogens (primary N) is 1. The van der Waals surface area contributed by atoms with Crippen LogP contribution in [0.15, 0.2) is 41.7 Å². The van der Waals surface area contributed by atoms with Crippen LogP contribution >= 0.6 is 24.0 Å². The molecule has 0 fully saturated rings. The van der Waals surface area contributed by atoms with E-state index in [9.17, 15) is 0 Å². The summed E-state index contributed by atoms with van der Waals surface area (Å²) in [5.41, 5.74) is 8.29. The lowest BCUT2D eigenvalue weighted by Crippen LogP contribution is -2.22. The van der Waals surface area contributed by atoms with Gasteiger partial charge in [0.2, 0.25) is 0 Å². The second-order valence-electron chi connectivity index (χ2n) is 6.20. The van der Waals surface area contributed by atoms with Crippen molar-refractivity contribution in [2.24, 2.45) is 10.7 Å². The summed E-state index contributed by atoms with van der Waals surface area (Å²) in [7, 11) is 0. The molecule has 2 rings (SSSR count). The van der Waals surface area contributed by atoms with Crippen LogP contribution < -0.4 is 11.1 Å². The molecule has 1 heterocycles. The summed E-state index contributed by atoms with van der Waals surface area (Å²) in [6, 6.07) is 8.42. The highest BCUT2D eigenvalue weighted by molar-refractivity contribution is 14.0. The summed E-state index contributed by atoms with van der Waals surface area (Å²) in [6.45, 7) is 8.18. The van der Waals surface area contributed by atoms with Crippen LogP contribution in [0.25, 0.3) is 0 Å². The average molecular weight is 455 g/mol. The molecule has 0 aliphatic heterocycles. The fourth-order valence-electron chi connectivity index (χ4n) is 2.55. The normalized spacial score (nSPS) is 12.5. The molecule has 25 heavy (non-hydrogen) atoms. The number of benzene rings is 1. The molecule has 6 heteroatoms. The number of anilines is 1. The highest BCUT2D eigenvalue weighted by Gasteiger charge is 2.02. The maximum absolute atomic E-state index is 5.95. The van der Waals surface area contributed by atoms with Crippen LogP contribution in [0.1, 0.15) is 50.4 Å². The minimum absolute atomic E-state index is 0. The monoisotopic (exact) mass is 455 g/mol. The van der Waals surface area contributed by atoms with E-state index in [4.69, 9.17) is 5.73 Å². The zero-order chi connectivity index (χ0) is 17.4. The Labute approximate surface area is 168 Å². The number of halogens is 1. The van der Waals surface area contributed by atoms with Crippen LogP contribution in [0, 0.1) is 6.92 Å². The molecule has 0 aliphatic carbocycles. The standard InChI is InChI=1S/C19H29N5.HI/c1-4-15(2)17-7-9-18(10-8-17)23-19(20)22-11-5-6-13-24-14-12-21-16(24)3;/h7-10,12,14-15H,4-6,11,13H2,1-3H3,(H3,20,22,23);1H. The van der Waals surface area contributed by atoms with Crippen molar-refractivity contribution in [1.29, 1.82) is 0 Å². The first-order chi connectivity index (χ1) is 11.6. The van der Waals surface area contributed by atoms with Crippen LogP contribution in [0.5, 0.6) is 0 Å². The fraction of sp³-hybridized carbons (Fsp3) is 0.474. The van der Waals surface area contributed by atoms with Gasteiger partial charge in [-0.15, -0.1) is 24.0 Å². The predicted octanol–water partition coefficient (Wildman–Crippen LogP) is 4.53. The zero-order valence-electron chi connectivity index (χ0n) is 15.4. The molecular formula is C19H30IN5. The number of aromatic nitrogens is 2. The number of rotatable bonds is 8. The van der Waals surface area contributed by atoms with E-state index < -0.39 is 0 Å². The number of imidazole rings is 1. The molecule has 0 spiro atoms. The molecule has 5 nitrogen and oxygen atoms in total. The van der Waals surface area contributed by atoms with Gasteiger partial charge in [0.15, 0.2) is 5.96 Å². The third-order valence-electron chi connectivity index (χ3n) is 4.38. The van der Waals surface area contributed by atoms with E-state index in [0.29, 0.717) is 11.9 Å². The molecule has 1 aromatic carbocycles. The number of hydrogen-bond donors (Lipinski definition) is 2. The van der Waals surface area contributed by atoms with Crippen molar-refractivity contribution in [3.05, 3.63) is 48.0 Å². The Bertz CT molecular complexity index is 648. The van der Waals surface area contributed by atoms with Gasteiger partial charge < -0.3 is 15.6 Å². The third kappa shape index (κ3) is 7.05. The molecule has 1 unspecified atom stereocenters. The molecule has 2 aromatic rings. The number of nitrogens with one attached hydrogen (secondary N) is 1. The quantitative estimate of drug-likeness (QED) is 0.266. The smallest absolute Gasteiger partial charge is 0.193 e. The summed E-state index contributed by atoms with van der Waals surface area (Å²) in [5, 5.41) is 3.15. The van der Waals surface area contributed by atoms with Gasteiger partial charge in [0, 0.05) is 31.2 Å². The molecule has 0 bridgehead atoms. The van der Waals surface area contributed by atoms with Crippen molar-refractivity contribution in [2.45, 2.75) is 52.5 Å². The Morgan fingerprint density at radius 3 is 2.60 bits per heavy atom. The first-order valence-corrected chi connectivity index (χ1v) is 8.74. The predicted molar refractivity (Wildman–Crippen MR) is 117 cm³/mol. The molecule has 1 atom stereocenters. The molecule has 3 N–H and O–H groups in total. The second kappa shape index (κ2) is 11.1. The number of unbranched alkanes of at least 4 members (excludes halogenated alkanes) is 1. The van der Waals surface area contributed by atoms with E-state index in [1.165, 1.54) is 5.56 Å². The van der Waals surface area contributed by atoms with Gasteiger partial charge in [-0.3, -0.25) is 4.99 Å². The number of hydrogen-bond acceptors (Lipinski definition) is 2. The Balaban J connectivity index is 0.00000312. The van der Waals surface area contributed by atoms with Gasteiger partial charge in [-0.1, -0.05) is 26.0 Å². The summed E-state index contributed by atoms with van der Waals surface area (Å²) in [5.74, 6) is 2.12. The van der Waals surface area contributed by atoms with Gasteiger partial charge in [-0.2, -0.15) is 0 Å². The first kappa shape index (κ1) is 21.5. The number of aryl methyl sites for hydroxylation is 2. The van der Waals surface area contributed by atoms with Crippen molar-refractivity contribution in [3.63, 3.8) is 0 Å². The molecule has 0 radical (unpaired) electrons. The van der Waals surface area contributed by atoms with Crippen molar-refractivity contribution in [2.75, 3.05) is 11.9 Å². The molecular weight excluding hydrogens is 425 g/mol. The lowest BCUT2D eigenvalue weighted by atomic mass is 9.99. The van der Waals surface area contributed by atoms with Gasteiger partial charge in [0.05, 0.1) is 0 Å². The Morgan fingerprint density at radius 1 is 1.28 bits per heavy atom. The SMILES string of the molecule is CCC(C)c1ccc(NC(N)=NCCCCn2ccnc2C)cc1.I. The van der Waals surface area contributed by atoms with E-state index in [-0.39, 0.29) is 24.0 Å². The zero-order valence-corrected chi connectivity index (χ0v) is 17.7. The molecule has 0 amide bonds. The van der Waals surface area contributed by atoms with Crippen molar-refractivity contribution >= 4 is 35.6 Å². The first-order valence-electron chi connectivity index (χ1n) is 8.74. The van der Waals surface area contributed by atoms with E-state index >= 15 is 0 Å². The molecule has 0 saturated carbocycles. The van der Waals surface area contributed by atoms with Gasteiger partial charge in [-0.25, -0.2) is 4.98 Å². The van der Waals surface area contributed by atoms with Crippen molar-refractivity contribution in [3.8, 4) is 0 Å².